The molecule has 0 fully saturated rings. The summed E-state index contributed by atoms with van der Waals surface area (Å²) in [6, 6.07) is 13.5. The summed E-state index contributed by atoms with van der Waals surface area (Å²) in [5.74, 6) is -1.10. The van der Waals surface area contributed by atoms with Gasteiger partial charge in [-0.2, -0.15) is 0 Å². The molecule has 1 atom stereocenters. The summed E-state index contributed by atoms with van der Waals surface area (Å²) < 4.78 is 13.1. The molecule has 0 saturated carbocycles. The van der Waals surface area contributed by atoms with E-state index in [2.05, 4.69) is 11.4 Å². The largest absolute Gasteiger partial charge is 0.343 e. The second-order valence-corrected chi connectivity index (χ2v) is 5.95. The molecular weight excluding hydrogens is 307 g/mol. The van der Waals surface area contributed by atoms with E-state index in [0.29, 0.717) is 0 Å². The minimum Gasteiger partial charge on any atom is -0.343 e. The normalized spacial score (nSPS) is 15.7. The molecule has 1 aliphatic carbocycles. The summed E-state index contributed by atoms with van der Waals surface area (Å²) in [6.45, 7) is -0.107. The summed E-state index contributed by atoms with van der Waals surface area (Å²) >= 11 is 0. The van der Waals surface area contributed by atoms with Crippen LogP contribution in [0.3, 0.4) is 0 Å². The Labute approximate surface area is 140 Å². The maximum Gasteiger partial charge on any atom is 0.251 e. The number of aryl methyl sites for hydroxylation is 1. The number of hydrogen-bond acceptors (Lipinski definition) is 2. The highest BCUT2D eigenvalue weighted by atomic mass is 19.1. The molecule has 0 heterocycles. The van der Waals surface area contributed by atoms with Crippen LogP contribution in [0.4, 0.5) is 4.39 Å². The monoisotopic (exact) mass is 326 g/mol. The summed E-state index contributed by atoms with van der Waals surface area (Å²) in [5.41, 5.74) is 2.65. The number of fused-ring (bicyclic) bond motifs is 1. The summed E-state index contributed by atoms with van der Waals surface area (Å²) in [7, 11) is 1.75. The van der Waals surface area contributed by atoms with Crippen LogP contribution in [-0.4, -0.2) is 30.3 Å². The van der Waals surface area contributed by atoms with E-state index in [4.69, 9.17) is 0 Å². The topological polar surface area (TPSA) is 49.4 Å². The van der Waals surface area contributed by atoms with E-state index in [1.165, 1.54) is 29.3 Å². The highest BCUT2D eigenvalue weighted by Crippen LogP contribution is 2.34. The van der Waals surface area contributed by atoms with Gasteiger partial charge in [0.2, 0.25) is 5.91 Å². The molecule has 5 heteroatoms. The van der Waals surface area contributed by atoms with Crippen molar-refractivity contribution in [2.24, 2.45) is 0 Å². The van der Waals surface area contributed by atoms with Crippen LogP contribution in [0.1, 0.15) is 33.9 Å². The van der Waals surface area contributed by atoms with Gasteiger partial charge in [0, 0.05) is 12.6 Å². The van der Waals surface area contributed by atoms with Crippen molar-refractivity contribution in [3.05, 3.63) is 71.0 Å². The van der Waals surface area contributed by atoms with Crippen molar-refractivity contribution in [2.75, 3.05) is 13.6 Å². The van der Waals surface area contributed by atoms with Gasteiger partial charge in [-0.15, -0.1) is 0 Å². The number of likely N-dealkylation sites (N-methyl/N-ethyl adjacent to an activating group) is 1. The zero-order chi connectivity index (χ0) is 17.1. The lowest BCUT2D eigenvalue weighted by Crippen LogP contribution is -2.39. The van der Waals surface area contributed by atoms with Gasteiger partial charge >= 0.3 is 0 Å². The number of carbonyl (C=O) groups is 2. The number of halogens is 1. The van der Waals surface area contributed by atoms with Gasteiger partial charge in [0.05, 0.1) is 12.6 Å². The fraction of sp³-hybridized carbons (Fsp3) is 0.263. The smallest absolute Gasteiger partial charge is 0.251 e. The molecule has 0 aromatic heterocycles. The number of carbonyl (C=O) groups excluding carboxylic acids is 2. The summed E-state index contributed by atoms with van der Waals surface area (Å²) in [5, 5.41) is 2.56. The van der Waals surface area contributed by atoms with Gasteiger partial charge in [-0.1, -0.05) is 30.3 Å². The molecule has 1 aliphatic rings. The lowest BCUT2D eigenvalue weighted by Gasteiger charge is -2.25. The zero-order valence-corrected chi connectivity index (χ0v) is 13.5. The first-order chi connectivity index (χ1) is 11.6. The van der Waals surface area contributed by atoms with Crippen molar-refractivity contribution in [1.29, 1.82) is 0 Å². The second kappa shape index (κ2) is 6.83. The second-order valence-electron chi connectivity index (χ2n) is 5.95. The zero-order valence-electron chi connectivity index (χ0n) is 13.5. The molecule has 0 radical (unpaired) electrons. The van der Waals surface area contributed by atoms with Crippen molar-refractivity contribution in [3.63, 3.8) is 0 Å². The van der Waals surface area contributed by atoms with Crippen LogP contribution in [0.5, 0.6) is 0 Å². The van der Waals surface area contributed by atoms with Gasteiger partial charge in [0.15, 0.2) is 0 Å². The number of nitrogens with one attached hydrogen (secondary N) is 1. The third-order valence-corrected chi connectivity index (χ3v) is 4.45. The molecule has 2 aromatic carbocycles. The SMILES string of the molecule is CN(C(=O)CNC(=O)c1cccc(F)c1)[C@@H]1CCc2ccccc21. The first kappa shape index (κ1) is 16.2. The van der Waals surface area contributed by atoms with Crippen molar-refractivity contribution in [2.45, 2.75) is 18.9 Å². The molecule has 124 valence electrons. The van der Waals surface area contributed by atoms with Gasteiger partial charge in [-0.25, -0.2) is 4.39 Å². The molecule has 1 N–H and O–H groups in total. The third-order valence-electron chi connectivity index (χ3n) is 4.45. The summed E-state index contributed by atoms with van der Waals surface area (Å²) in [6.07, 6.45) is 1.84. The highest BCUT2D eigenvalue weighted by Gasteiger charge is 2.28. The third kappa shape index (κ3) is 3.30. The first-order valence-electron chi connectivity index (χ1n) is 7.93. The van der Waals surface area contributed by atoms with Gasteiger partial charge in [-0.3, -0.25) is 9.59 Å². The van der Waals surface area contributed by atoms with Crippen molar-refractivity contribution >= 4 is 11.8 Å². The Morgan fingerprint density at radius 2 is 2.00 bits per heavy atom. The molecule has 0 bridgehead atoms. The maximum atomic E-state index is 13.1. The van der Waals surface area contributed by atoms with E-state index < -0.39 is 11.7 Å². The van der Waals surface area contributed by atoms with Crippen LogP contribution in [-0.2, 0) is 11.2 Å². The van der Waals surface area contributed by atoms with Crippen molar-refractivity contribution in [3.8, 4) is 0 Å². The number of rotatable bonds is 4. The predicted molar refractivity (Wildman–Crippen MR) is 89.0 cm³/mol. The van der Waals surface area contributed by atoms with Crippen LogP contribution in [0.2, 0.25) is 0 Å². The average molecular weight is 326 g/mol. The van der Waals surface area contributed by atoms with E-state index in [9.17, 15) is 14.0 Å². The van der Waals surface area contributed by atoms with E-state index in [0.717, 1.165) is 18.9 Å². The molecule has 0 unspecified atom stereocenters. The lowest BCUT2D eigenvalue weighted by molar-refractivity contribution is -0.131. The number of benzene rings is 2. The standard InChI is InChI=1S/C19H19FN2O2/c1-22(17-10-9-13-5-2-3-8-16(13)17)18(23)12-21-19(24)14-6-4-7-15(20)11-14/h2-8,11,17H,9-10,12H2,1H3,(H,21,24)/t17-/m1/s1. The van der Waals surface area contributed by atoms with Gasteiger partial charge in [0.25, 0.3) is 5.91 Å². The molecular formula is C19H19FN2O2. The average Bonchev–Trinajstić information content (AvgIpc) is 3.02. The number of nitrogens with zero attached hydrogens (tertiary/aromatic N) is 1. The highest BCUT2D eigenvalue weighted by molar-refractivity contribution is 5.96. The Morgan fingerprint density at radius 1 is 1.21 bits per heavy atom. The van der Waals surface area contributed by atoms with E-state index in [-0.39, 0.29) is 24.1 Å². The predicted octanol–water partition coefficient (Wildman–Crippen LogP) is 2.70. The lowest BCUT2D eigenvalue weighted by atomic mass is 10.1. The molecule has 3 rings (SSSR count). The minimum absolute atomic E-state index is 0.0415. The van der Waals surface area contributed by atoms with Crippen LogP contribution in [0.25, 0.3) is 0 Å². The molecule has 0 saturated heterocycles. The Balaban J connectivity index is 1.60. The quantitative estimate of drug-likeness (QED) is 0.939. The van der Waals surface area contributed by atoms with Crippen LogP contribution in [0.15, 0.2) is 48.5 Å². The minimum atomic E-state index is -0.478. The molecule has 0 aliphatic heterocycles. The van der Waals surface area contributed by atoms with Gasteiger partial charge < -0.3 is 10.2 Å². The van der Waals surface area contributed by atoms with E-state index in [1.54, 1.807) is 11.9 Å². The fourth-order valence-electron chi connectivity index (χ4n) is 3.12. The van der Waals surface area contributed by atoms with Crippen molar-refractivity contribution < 1.29 is 14.0 Å². The van der Waals surface area contributed by atoms with Crippen LogP contribution >= 0.6 is 0 Å². The van der Waals surface area contributed by atoms with Crippen LogP contribution < -0.4 is 5.32 Å². The fourth-order valence-corrected chi connectivity index (χ4v) is 3.12. The molecule has 2 amide bonds. The Hall–Kier alpha value is -2.69. The molecule has 2 aromatic rings. The van der Waals surface area contributed by atoms with E-state index in [1.807, 2.05) is 18.2 Å². The summed E-state index contributed by atoms with van der Waals surface area (Å²) in [4.78, 5) is 26.1. The number of amides is 2. The molecule has 24 heavy (non-hydrogen) atoms. The van der Waals surface area contributed by atoms with Crippen LogP contribution in [0, 0.1) is 5.82 Å². The Kier molecular flexibility index (Phi) is 4.60. The Morgan fingerprint density at radius 3 is 2.79 bits per heavy atom. The Bertz CT molecular complexity index is 775. The number of hydrogen-bond donors (Lipinski definition) is 1. The maximum absolute atomic E-state index is 13.1. The first-order valence-corrected chi connectivity index (χ1v) is 7.93. The molecule has 4 nitrogen and oxygen atoms in total. The van der Waals surface area contributed by atoms with Crippen molar-refractivity contribution in [1.82, 2.24) is 10.2 Å². The molecule has 0 spiro atoms. The van der Waals surface area contributed by atoms with E-state index >= 15 is 0 Å². The van der Waals surface area contributed by atoms with Gasteiger partial charge in [0.1, 0.15) is 5.82 Å². The van der Waals surface area contributed by atoms with Gasteiger partial charge in [-0.05, 0) is 42.2 Å².